The van der Waals surface area contributed by atoms with E-state index in [1.54, 1.807) is 0 Å². The number of hydrogen-bond donors (Lipinski definition) is 2. The number of benzene rings is 1. The predicted octanol–water partition coefficient (Wildman–Crippen LogP) is 3.00. The van der Waals surface area contributed by atoms with Gasteiger partial charge in [0.2, 0.25) is 5.91 Å². The van der Waals surface area contributed by atoms with Crippen molar-refractivity contribution in [3.8, 4) is 0 Å². The van der Waals surface area contributed by atoms with E-state index in [4.69, 9.17) is 0 Å². The van der Waals surface area contributed by atoms with E-state index in [9.17, 15) is 4.79 Å². The summed E-state index contributed by atoms with van der Waals surface area (Å²) in [5.74, 6) is 0.00396. The van der Waals surface area contributed by atoms with E-state index in [0.717, 1.165) is 15.5 Å². The lowest BCUT2D eigenvalue weighted by Crippen LogP contribution is -2.31. The fourth-order valence-electron chi connectivity index (χ4n) is 1.49. The van der Waals surface area contributed by atoms with Gasteiger partial charge in [-0.2, -0.15) is 0 Å². The molecular formula is C12H16Br2N2O. The predicted molar refractivity (Wildman–Crippen MR) is 76.9 cm³/mol. The Labute approximate surface area is 119 Å². The van der Waals surface area contributed by atoms with Gasteiger partial charge in [0.15, 0.2) is 0 Å². The van der Waals surface area contributed by atoms with E-state index >= 15 is 0 Å². The smallest absolute Gasteiger partial charge is 0.216 e. The van der Waals surface area contributed by atoms with Crippen LogP contribution in [-0.2, 0) is 4.79 Å². The van der Waals surface area contributed by atoms with Gasteiger partial charge in [-0.15, -0.1) is 0 Å². The van der Waals surface area contributed by atoms with Crippen LogP contribution in [0.15, 0.2) is 27.1 Å². The molecule has 0 bridgehead atoms. The van der Waals surface area contributed by atoms with E-state index in [1.165, 1.54) is 12.5 Å². The molecule has 2 N–H and O–H groups in total. The standard InChI is InChI=1S/C12H16Br2N2O/c1-8(15-5-6-16-9(2)17)11-4-3-10(13)7-12(11)14/h3-4,7-8,15H,5-6H2,1-2H3,(H,16,17). The zero-order valence-corrected chi connectivity index (χ0v) is 13.1. The normalized spacial score (nSPS) is 12.2. The Balaban J connectivity index is 2.46. The highest BCUT2D eigenvalue weighted by Gasteiger charge is 2.08. The SMILES string of the molecule is CC(=O)NCCNC(C)c1ccc(Br)cc1Br. The van der Waals surface area contributed by atoms with Crippen molar-refractivity contribution in [3.63, 3.8) is 0 Å². The Bertz CT molecular complexity index is 396. The van der Waals surface area contributed by atoms with Gasteiger partial charge in [-0.3, -0.25) is 4.79 Å². The summed E-state index contributed by atoms with van der Waals surface area (Å²) in [6.45, 7) is 5.02. The van der Waals surface area contributed by atoms with Crippen molar-refractivity contribution in [2.75, 3.05) is 13.1 Å². The molecule has 0 aliphatic heterocycles. The van der Waals surface area contributed by atoms with E-state index in [2.05, 4.69) is 55.5 Å². The molecule has 0 radical (unpaired) electrons. The number of rotatable bonds is 5. The van der Waals surface area contributed by atoms with Gasteiger partial charge >= 0.3 is 0 Å². The van der Waals surface area contributed by atoms with Crippen LogP contribution < -0.4 is 10.6 Å². The number of nitrogens with one attached hydrogen (secondary N) is 2. The molecule has 0 saturated carbocycles. The lowest BCUT2D eigenvalue weighted by Gasteiger charge is -2.16. The van der Waals surface area contributed by atoms with Crippen LogP contribution in [-0.4, -0.2) is 19.0 Å². The Morgan fingerprint density at radius 2 is 2.06 bits per heavy atom. The minimum atomic E-state index is 0.00396. The highest BCUT2D eigenvalue weighted by Crippen LogP contribution is 2.26. The molecule has 1 unspecified atom stereocenters. The zero-order chi connectivity index (χ0) is 12.8. The second-order valence-electron chi connectivity index (χ2n) is 3.82. The third-order valence-corrected chi connectivity index (χ3v) is 3.56. The Kier molecular flexibility index (Phi) is 6.16. The van der Waals surface area contributed by atoms with Crippen LogP contribution in [0.5, 0.6) is 0 Å². The van der Waals surface area contributed by atoms with Gasteiger partial charge < -0.3 is 10.6 Å². The monoisotopic (exact) mass is 362 g/mol. The number of hydrogen-bond acceptors (Lipinski definition) is 2. The molecule has 1 aromatic carbocycles. The lowest BCUT2D eigenvalue weighted by molar-refractivity contribution is -0.118. The van der Waals surface area contributed by atoms with Crippen LogP contribution in [0.25, 0.3) is 0 Å². The summed E-state index contributed by atoms with van der Waals surface area (Å²) < 4.78 is 2.13. The van der Waals surface area contributed by atoms with E-state index in [-0.39, 0.29) is 11.9 Å². The Morgan fingerprint density at radius 3 is 2.65 bits per heavy atom. The van der Waals surface area contributed by atoms with Crippen LogP contribution in [0.4, 0.5) is 0 Å². The first kappa shape index (κ1) is 14.7. The van der Waals surface area contributed by atoms with Crippen LogP contribution in [0.1, 0.15) is 25.5 Å². The fourth-order valence-corrected chi connectivity index (χ4v) is 2.88. The van der Waals surface area contributed by atoms with Crippen molar-refractivity contribution in [1.82, 2.24) is 10.6 Å². The van der Waals surface area contributed by atoms with Gasteiger partial charge in [-0.25, -0.2) is 0 Å². The third kappa shape index (κ3) is 5.19. The topological polar surface area (TPSA) is 41.1 Å². The molecule has 0 aliphatic carbocycles. The fraction of sp³-hybridized carbons (Fsp3) is 0.417. The molecule has 0 aliphatic rings. The van der Waals surface area contributed by atoms with Crippen molar-refractivity contribution in [3.05, 3.63) is 32.7 Å². The number of carbonyl (C=O) groups excluding carboxylic acids is 1. The van der Waals surface area contributed by atoms with Crippen molar-refractivity contribution in [2.45, 2.75) is 19.9 Å². The number of amides is 1. The minimum Gasteiger partial charge on any atom is -0.355 e. The summed E-state index contributed by atoms with van der Waals surface area (Å²) in [4.78, 5) is 10.7. The minimum absolute atomic E-state index is 0.00396. The van der Waals surface area contributed by atoms with Gasteiger partial charge in [-0.1, -0.05) is 37.9 Å². The molecule has 1 amide bonds. The average Bonchev–Trinajstić information content (AvgIpc) is 2.23. The largest absolute Gasteiger partial charge is 0.355 e. The average molecular weight is 364 g/mol. The summed E-state index contributed by atoms with van der Waals surface area (Å²) in [6, 6.07) is 6.36. The molecule has 1 rings (SSSR count). The van der Waals surface area contributed by atoms with Crippen molar-refractivity contribution < 1.29 is 4.79 Å². The first-order valence-corrected chi connectivity index (χ1v) is 7.02. The second-order valence-corrected chi connectivity index (χ2v) is 5.59. The molecule has 0 fully saturated rings. The Morgan fingerprint density at radius 1 is 1.35 bits per heavy atom. The van der Waals surface area contributed by atoms with Crippen LogP contribution in [0.3, 0.4) is 0 Å². The zero-order valence-electron chi connectivity index (χ0n) is 9.89. The molecule has 0 saturated heterocycles. The highest BCUT2D eigenvalue weighted by molar-refractivity contribution is 9.11. The maximum absolute atomic E-state index is 10.7. The molecule has 0 spiro atoms. The van der Waals surface area contributed by atoms with Crippen LogP contribution in [0, 0.1) is 0 Å². The van der Waals surface area contributed by atoms with Gasteiger partial charge in [-0.05, 0) is 24.6 Å². The van der Waals surface area contributed by atoms with Gasteiger partial charge in [0.05, 0.1) is 0 Å². The summed E-state index contributed by atoms with van der Waals surface area (Å²) in [5.41, 5.74) is 1.20. The molecule has 1 aromatic rings. The molecule has 0 heterocycles. The lowest BCUT2D eigenvalue weighted by atomic mass is 10.1. The molecular weight excluding hydrogens is 348 g/mol. The first-order chi connectivity index (χ1) is 8.00. The van der Waals surface area contributed by atoms with E-state index in [1.807, 2.05) is 12.1 Å². The van der Waals surface area contributed by atoms with Crippen LogP contribution in [0.2, 0.25) is 0 Å². The molecule has 17 heavy (non-hydrogen) atoms. The Hall–Kier alpha value is -0.390. The number of halogens is 2. The maximum Gasteiger partial charge on any atom is 0.216 e. The van der Waals surface area contributed by atoms with E-state index in [0.29, 0.717) is 6.54 Å². The summed E-state index contributed by atoms with van der Waals surface area (Å²) in [7, 11) is 0. The highest BCUT2D eigenvalue weighted by atomic mass is 79.9. The quantitative estimate of drug-likeness (QED) is 0.789. The number of carbonyl (C=O) groups is 1. The van der Waals surface area contributed by atoms with Gasteiger partial charge in [0.25, 0.3) is 0 Å². The molecule has 5 heteroatoms. The molecule has 94 valence electrons. The third-order valence-electron chi connectivity index (χ3n) is 2.38. The van der Waals surface area contributed by atoms with Crippen molar-refractivity contribution >= 4 is 37.8 Å². The summed E-state index contributed by atoms with van der Waals surface area (Å²) in [6.07, 6.45) is 0. The summed E-state index contributed by atoms with van der Waals surface area (Å²) >= 11 is 6.97. The first-order valence-electron chi connectivity index (χ1n) is 5.43. The second kappa shape index (κ2) is 7.13. The molecule has 1 atom stereocenters. The van der Waals surface area contributed by atoms with Gasteiger partial charge in [0.1, 0.15) is 0 Å². The molecule has 3 nitrogen and oxygen atoms in total. The van der Waals surface area contributed by atoms with Crippen molar-refractivity contribution in [2.24, 2.45) is 0 Å². The van der Waals surface area contributed by atoms with Gasteiger partial charge in [0, 0.05) is 35.0 Å². The van der Waals surface area contributed by atoms with E-state index < -0.39 is 0 Å². The maximum atomic E-state index is 10.7. The summed E-state index contributed by atoms with van der Waals surface area (Å²) in [5, 5.41) is 6.11. The van der Waals surface area contributed by atoms with Crippen LogP contribution >= 0.6 is 31.9 Å². The van der Waals surface area contributed by atoms with Crippen molar-refractivity contribution in [1.29, 1.82) is 0 Å². The molecule has 0 aromatic heterocycles.